The predicted octanol–water partition coefficient (Wildman–Crippen LogP) is 6.98. The van der Waals surface area contributed by atoms with Crippen molar-refractivity contribution in [2.75, 3.05) is 7.11 Å². The van der Waals surface area contributed by atoms with Crippen molar-refractivity contribution < 1.29 is 14.3 Å². The van der Waals surface area contributed by atoms with Gasteiger partial charge in [-0.05, 0) is 73.6 Å². The Labute approximate surface area is 234 Å². The van der Waals surface area contributed by atoms with Gasteiger partial charge in [-0.3, -0.25) is 19.6 Å². The summed E-state index contributed by atoms with van der Waals surface area (Å²) in [5.41, 5.74) is 12.7. The molecule has 0 saturated carbocycles. The number of methoxy groups -OCH3 is 1. The molecule has 0 fully saturated rings. The number of aromatic nitrogens is 4. The van der Waals surface area contributed by atoms with Crippen molar-refractivity contribution in [1.82, 2.24) is 19.9 Å². The van der Waals surface area contributed by atoms with Crippen molar-refractivity contribution in [3.05, 3.63) is 68.8 Å². The standard InChI is InChI=1S/C33H38N4O3/c1-8-19-15(3)22-12-24-17(5)21-10-11-28(38)30(31(21)36-24)32-29(33(39)40-7)18(6)25(37-32)14-27-20(9-2)16(4)23(35-27)13-26(19)34-22/h12-14,17-18,21,29,34-35H,8-11H2,1-7H3/t17-,18?,21-,29?/m0/s1. The van der Waals surface area contributed by atoms with Crippen LogP contribution < -0.4 is 0 Å². The van der Waals surface area contributed by atoms with Gasteiger partial charge >= 0.3 is 5.97 Å². The molecule has 2 aliphatic heterocycles. The van der Waals surface area contributed by atoms with Gasteiger partial charge in [0.15, 0.2) is 5.78 Å². The van der Waals surface area contributed by atoms with Gasteiger partial charge in [0.2, 0.25) is 0 Å². The van der Waals surface area contributed by atoms with E-state index in [1.165, 1.54) is 29.4 Å². The van der Waals surface area contributed by atoms with E-state index >= 15 is 0 Å². The second kappa shape index (κ2) is 9.72. The molecule has 2 unspecified atom stereocenters. The van der Waals surface area contributed by atoms with E-state index in [2.05, 4.69) is 62.8 Å². The van der Waals surface area contributed by atoms with Crippen LogP contribution in [0.5, 0.6) is 0 Å². The van der Waals surface area contributed by atoms with Crippen molar-refractivity contribution in [3.63, 3.8) is 0 Å². The van der Waals surface area contributed by atoms with Crippen molar-refractivity contribution in [2.24, 2.45) is 0 Å². The summed E-state index contributed by atoms with van der Waals surface area (Å²) in [4.78, 5) is 44.2. The van der Waals surface area contributed by atoms with Crippen molar-refractivity contribution in [2.45, 2.75) is 90.9 Å². The van der Waals surface area contributed by atoms with Crippen molar-refractivity contribution in [3.8, 4) is 0 Å². The van der Waals surface area contributed by atoms with Gasteiger partial charge in [-0.25, -0.2) is 0 Å². The Morgan fingerprint density at radius 2 is 1.43 bits per heavy atom. The van der Waals surface area contributed by atoms with Crippen LogP contribution in [0.25, 0.3) is 22.1 Å². The van der Waals surface area contributed by atoms with Gasteiger partial charge < -0.3 is 14.7 Å². The molecule has 0 saturated heterocycles. The minimum absolute atomic E-state index is 0.0131. The maximum atomic E-state index is 13.6. The first-order valence-electron chi connectivity index (χ1n) is 14.5. The van der Waals surface area contributed by atoms with Crippen LogP contribution in [-0.4, -0.2) is 38.8 Å². The fourth-order valence-corrected chi connectivity index (χ4v) is 7.17. The highest BCUT2D eigenvalue weighted by atomic mass is 16.5. The molecule has 0 amide bonds. The van der Waals surface area contributed by atoms with Gasteiger partial charge in [0.1, 0.15) is 5.92 Å². The molecule has 8 bridgehead atoms. The molecule has 3 aromatic rings. The number of Topliss-reactive ketones (excluding diaryl/α,β-unsaturated/α-hetero) is 1. The molecular formula is C33H38N4O3. The van der Waals surface area contributed by atoms with E-state index in [-0.39, 0.29) is 29.5 Å². The fourth-order valence-electron chi connectivity index (χ4n) is 7.17. The zero-order valence-electron chi connectivity index (χ0n) is 24.5. The molecule has 4 atom stereocenters. The van der Waals surface area contributed by atoms with E-state index in [1.54, 1.807) is 0 Å². The summed E-state index contributed by atoms with van der Waals surface area (Å²) in [7, 11) is 1.40. The first-order valence-corrected chi connectivity index (χ1v) is 14.5. The molecule has 5 heterocycles. The van der Waals surface area contributed by atoms with Gasteiger partial charge in [0, 0.05) is 57.6 Å². The molecule has 1 aliphatic carbocycles. The van der Waals surface area contributed by atoms with Crippen LogP contribution in [0.4, 0.5) is 0 Å². The van der Waals surface area contributed by atoms with Crippen LogP contribution in [0.1, 0.15) is 120 Å². The first kappa shape index (κ1) is 26.5. The highest BCUT2D eigenvalue weighted by molar-refractivity contribution is 6.01. The van der Waals surface area contributed by atoms with E-state index in [0.29, 0.717) is 17.7 Å². The van der Waals surface area contributed by atoms with Crippen LogP contribution >= 0.6 is 0 Å². The Hall–Kier alpha value is -3.74. The van der Waals surface area contributed by atoms with E-state index in [0.717, 1.165) is 58.4 Å². The molecule has 3 aromatic heterocycles. The van der Waals surface area contributed by atoms with Crippen molar-refractivity contribution >= 4 is 33.8 Å². The molecule has 208 valence electrons. The quantitative estimate of drug-likeness (QED) is 0.350. The maximum absolute atomic E-state index is 13.6. The average molecular weight is 539 g/mol. The highest BCUT2D eigenvalue weighted by Gasteiger charge is 2.43. The minimum Gasteiger partial charge on any atom is -0.468 e. The molecule has 3 aliphatic rings. The van der Waals surface area contributed by atoms with Gasteiger partial charge in [-0.2, -0.15) is 0 Å². The third kappa shape index (κ3) is 3.85. The number of aromatic amines is 2. The van der Waals surface area contributed by atoms with Crippen LogP contribution in [0.3, 0.4) is 0 Å². The van der Waals surface area contributed by atoms with Gasteiger partial charge in [0.25, 0.3) is 0 Å². The molecule has 7 nitrogen and oxygen atoms in total. The number of hydrogen-bond acceptors (Lipinski definition) is 5. The van der Waals surface area contributed by atoms with E-state index < -0.39 is 5.92 Å². The van der Waals surface area contributed by atoms with E-state index in [1.807, 2.05) is 6.92 Å². The summed E-state index contributed by atoms with van der Waals surface area (Å²) in [6.07, 6.45) is 2.95. The summed E-state index contributed by atoms with van der Waals surface area (Å²) in [6.45, 7) is 12.9. The second-order valence-corrected chi connectivity index (χ2v) is 11.6. The van der Waals surface area contributed by atoms with Gasteiger partial charge in [0.05, 0.1) is 24.1 Å². The molecule has 7 heteroatoms. The van der Waals surface area contributed by atoms with Crippen LogP contribution in [-0.2, 0) is 22.4 Å². The number of carbonyl (C=O) groups is 2. The number of ether oxygens (including phenoxy) is 1. The molecule has 0 aromatic carbocycles. The summed E-state index contributed by atoms with van der Waals surface area (Å²) >= 11 is 0. The first-order chi connectivity index (χ1) is 19.2. The normalized spacial score (nSPS) is 22.0. The van der Waals surface area contributed by atoms with E-state index in [4.69, 9.17) is 14.7 Å². The number of esters is 1. The number of H-pyrrole nitrogens is 2. The van der Waals surface area contributed by atoms with Crippen LogP contribution in [0.2, 0.25) is 0 Å². The Bertz CT molecular complexity index is 1730. The van der Waals surface area contributed by atoms with Gasteiger partial charge in [-0.1, -0.05) is 27.7 Å². The lowest BCUT2D eigenvalue weighted by Gasteiger charge is -2.23. The average Bonchev–Trinajstić information content (AvgIpc) is 3.61. The number of ketones is 1. The summed E-state index contributed by atoms with van der Waals surface area (Å²) in [5.74, 6) is -0.979. The molecule has 0 radical (unpaired) electrons. The third-order valence-electron chi connectivity index (χ3n) is 9.59. The number of hydrogen-bond donors (Lipinski definition) is 2. The smallest absolute Gasteiger partial charge is 0.315 e. The zero-order valence-corrected chi connectivity index (χ0v) is 24.5. The Morgan fingerprint density at radius 3 is 2.05 bits per heavy atom. The maximum Gasteiger partial charge on any atom is 0.315 e. The van der Waals surface area contributed by atoms with E-state index in [9.17, 15) is 9.59 Å². The van der Waals surface area contributed by atoms with Gasteiger partial charge in [-0.15, -0.1) is 0 Å². The lowest BCUT2D eigenvalue weighted by molar-refractivity contribution is -0.142. The predicted molar refractivity (Wildman–Crippen MR) is 157 cm³/mol. The molecule has 2 N–H and O–H groups in total. The molecule has 6 rings (SSSR count). The molecule has 0 spiro atoms. The summed E-state index contributed by atoms with van der Waals surface area (Å²) < 4.78 is 5.26. The molecular weight excluding hydrogens is 500 g/mol. The fraction of sp³-hybridized carbons (Fsp3) is 0.455. The SMILES string of the molecule is CCc1c(C)c2cc3[nH]c(cc4nc5c(c6nc(cc1[nH]2)C(C)C6C(=O)OC)C(=O)CC[C@H]5[C@@H]4C)c(C)c3CC. The second-order valence-electron chi connectivity index (χ2n) is 11.6. The number of fused-ring (bicyclic) bond motifs is 8. The molecule has 40 heavy (non-hydrogen) atoms. The third-order valence-corrected chi connectivity index (χ3v) is 9.59. The number of rotatable bonds is 3. The van der Waals surface area contributed by atoms with Crippen LogP contribution in [0.15, 0.2) is 18.2 Å². The summed E-state index contributed by atoms with van der Waals surface area (Å²) in [6, 6.07) is 6.43. The number of aryl methyl sites for hydroxylation is 4. The lowest BCUT2D eigenvalue weighted by atomic mass is 9.78. The summed E-state index contributed by atoms with van der Waals surface area (Å²) in [5, 5.41) is 0. The zero-order chi connectivity index (χ0) is 28.5. The van der Waals surface area contributed by atoms with Crippen molar-refractivity contribution in [1.29, 1.82) is 0 Å². The lowest BCUT2D eigenvalue weighted by Crippen LogP contribution is -2.23. The Kier molecular flexibility index (Phi) is 6.43. The largest absolute Gasteiger partial charge is 0.468 e. The minimum atomic E-state index is -0.650. The highest BCUT2D eigenvalue weighted by Crippen LogP contribution is 2.47. The number of nitrogens with zero attached hydrogens (tertiary/aromatic N) is 2. The van der Waals surface area contributed by atoms with Crippen LogP contribution in [0, 0.1) is 13.8 Å². The number of nitrogens with one attached hydrogen (secondary N) is 2. The Morgan fingerprint density at radius 1 is 0.875 bits per heavy atom. The monoisotopic (exact) mass is 538 g/mol. The topological polar surface area (TPSA) is 101 Å². The number of carbonyl (C=O) groups excluding carboxylic acids is 2. The Balaban J connectivity index is 1.82.